The molecule has 0 radical (unpaired) electrons. The predicted molar refractivity (Wildman–Crippen MR) is 89.6 cm³/mol. The monoisotopic (exact) mass is 356 g/mol. The summed E-state index contributed by atoms with van der Waals surface area (Å²) in [4.78, 5) is 10.1. The van der Waals surface area contributed by atoms with Crippen LogP contribution in [0.1, 0.15) is 27.7 Å². The van der Waals surface area contributed by atoms with E-state index in [1.54, 1.807) is 0 Å². The van der Waals surface area contributed by atoms with E-state index in [0.29, 0.717) is 12.1 Å². The third kappa shape index (κ3) is 3.30. The maximum absolute atomic E-state index is 5.41. The molecule has 0 amide bonds. The number of halogens is 1. The molecule has 0 aliphatic heterocycles. The Hall–Kier alpha value is -0.720. The number of nitrogens with zero attached hydrogens (tertiary/aromatic N) is 3. The molecule has 0 unspecified atom stereocenters. The lowest BCUT2D eigenvalue weighted by atomic mass is 10.2. The Bertz CT molecular complexity index is 636. The Kier molecular flexibility index (Phi) is 4.99. The van der Waals surface area contributed by atoms with Gasteiger partial charge in [-0.05, 0) is 61.9 Å². The van der Waals surface area contributed by atoms with Gasteiger partial charge in [-0.1, -0.05) is 0 Å². The van der Waals surface area contributed by atoms with Crippen LogP contribution in [0, 0.1) is 4.77 Å². The van der Waals surface area contributed by atoms with Gasteiger partial charge >= 0.3 is 0 Å². The molecule has 2 heterocycles. The lowest BCUT2D eigenvalue weighted by Crippen LogP contribution is -2.39. The summed E-state index contributed by atoms with van der Waals surface area (Å²) in [6.45, 7) is 10.7. The highest BCUT2D eigenvalue weighted by molar-refractivity contribution is 9.10. The van der Waals surface area contributed by atoms with Crippen molar-refractivity contribution in [1.82, 2.24) is 19.4 Å². The molecule has 0 aliphatic carbocycles. The van der Waals surface area contributed by atoms with Crippen LogP contribution in [0.4, 0.5) is 0 Å². The first-order valence-electron chi connectivity index (χ1n) is 6.90. The number of hydrogen-bond donors (Lipinski definition) is 1. The van der Waals surface area contributed by atoms with Crippen LogP contribution in [-0.2, 0) is 6.54 Å². The molecule has 0 fully saturated rings. The van der Waals surface area contributed by atoms with Gasteiger partial charge in [0.25, 0.3) is 0 Å². The van der Waals surface area contributed by atoms with Crippen molar-refractivity contribution in [2.45, 2.75) is 46.3 Å². The third-order valence-electron chi connectivity index (χ3n) is 3.48. The SMILES string of the molecule is CC(C)N(CCn1c(=S)[nH]c2cc(Br)cnc21)C(C)C. The van der Waals surface area contributed by atoms with Crippen molar-refractivity contribution >= 4 is 39.3 Å². The summed E-state index contributed by atoms with van der Waals surface area (Å²) in [5.74, 6) is 0. The summed E-state index contributed by atoms with van der Waals surface area (Å²) < 4.78 is 3.77. The minimum absolute atomic E-state index is 0.525. The quantitative estimate of drug-likeness (QED) is 0.823. The maximum atomic E-state index is 5.41. The van der Waals surface area contributed by atoms with E-state index in [-0.39, 0.29) is 0 Å². The van der Waals surface area contributed by atoms with Crippen LogP contribution in [0.25, 0.3) is 11.2 Å². The zero-order valence-electron chi connectivity index (χ0n) is 12.4. The summed E-state index contributed by atoms with van der Waals surface area (Å²) in [5.41, 5.74) is 1.90. The van der Waals surface area contributed by atoms with Gasteiger partial charge in [0.2, 0.25) is 0 Å². The second-order valence-corrected chi connectivity index (χ2v) is 6.83. The fourth-order valence-electron chi connectivity index (χ4n) is 2.55. The molecule has 110 valence electrons. The predicted octanol–water partition coefficient (Wildman–Crippen LogP) is 3.98. The van der Waals surface area contributed by atoms with E-state index in [4.69, 9.17) is 12.2 Å². The smallest absolute Gasteiger partial charge is 0.179 e. The Balaban J connectivity index is 2.26. The van der Waals surface area contributed by atoms with E-state index in [0.717, 1.165) is 33.5 Å². The zero-order valence-corrected chi connectivity index (χ0v) is 14.8. The topological polar surface area (TPSA) is 36.9 Å². The molecule has 2 aromatic heterocycles. The van der Waals surface area contributed by atoms with Crippen molar-refractivity contribution in [2.24, 2.45) is 0 Å². The number of nitrogens with one attached hydrogen (secondary N) is 1. The van der Waals surface area contributed by atoms with E-state index in [2.05, 4.69) is 63.1 Å². The number of rotatable bonds is 5. The lowest BCUT2D eigenvalue weighted by Gasteiger charge is -2.30. The minimum atomic E-state index is 0.525. The molecule has 2 rings (SSSR count). The van der Waals surface area contributed by atoms with Gasteiger partial charge in [0.1, 0.15) is 0 Å². The van der Waals surface area contributed by atoms with Gasteiger partial charge in [-0.3, -0.25) is 4.90 Å². The van der Waals surface area contributed by atoms with Crippen LogP contribution in [0.15, 0.2) is 16.7 Å². The number of H-pyrrole nitrogens is 1. The highest BCUT2D eigenvalue weighted by Crippen LogP contribution is 2.17. The number of aromatic amines is 1. The van der Waals surface area contributed by atoms with Crippen molar-refractivity contribution in [3.8, 4) is 0 Å². The van der Waals surface area contributed by atoms with Crippen molar-refractivity contribution < 1.29 is 0 Å². The number of pyridine rings is 1. The van der Waals surface area contributed by atoms with Gasteiger partial charge in [-0.15, -0.1) is 0 Å². The zero-order chi connectivity index (χ0) is 14.9. The molecule has 6 heteroatoms. The molecular weight excluding hydrogens is 336 g/mol. The summed E-state index contributed by atoms with van der Waals surface area (Å²) in [6, 6.07) is 3.06. The van der Waals surface area contributed by atoms with Crippen LogP contribution in [0.5, 0.6) is 0 Å². The molecule has 0 saturated carbocycles. The van der Waals surface area contributed by atoms with Crippen LogP contribution in [0.2, 0.25) is 0 Å². The number of hydrogen-bond acceptors (Lipinski definition) is 3. The second kappa shape index (κ2) is 6.37. The van der Waals surface area contributed by atoms with Crippen molar-refractivity contribution in [2.75, 3.05) is 6.54 Å². The largest absolute Gasteiger partial charge is 0.329 e. The summed E-state index contributed by atoms with van der Waals surface area (Å²) in [5, 5.41) is 0. The van der Waals surface area contributed by atoms with Gasteiger partial charge in [0.05, 0.1) is 5.52 Å². The van der Waals surface area contributed by atoms with Crippen molar-refractivity contribution in [1.29, 1.82) is 0 Å². The van der Waals surface area contributed by atoms with E-state index in [1.807, 2.05) is 12.3 Å². The van der Waals surface area contributed by atoms with Crippen molar-refractivity contribution in [3.05, 3.63) is 21.5 Å². The number of imidazole rings is 1. The van der Waals surface area contributed by atoms with Crippen LogP contribution in [-0.4, -0.2) is 38.1 Å². The Morgan fingerprint density at radius 1 is 1.35 bits per heavy atom. The molecule has 0 atom stereocenters. The standard InChI is InChI=1S/C14H21BrN4S/c1-9(2)18(10(3)4)5-6-19-13-12(17-14(19)20)7-11(15)8-16-13/h7-10H,5-6H2,1-4H3,(H,17,20). The molecule has 0 bridgehead atoms. The molecule has 4 nitrogen and oxygen atoms in total. The highest BCUT2D eigenvalue weighted by atomic mass is 79.9. The Morgan fingerprint density at radius 2 is 2.00 bits per heavy atom. The first-order valence-corrected chi connectivity index (χ1v) is 8.10. The maximum Gasteiger partial charge on any atom is 0.179 e. The molecule has 20 heavy (non-hydrogen) atoms. The summed E-state index contributed by atoms with van der Waals surface area (Å²) in [7, 11) is 0. The van der Waals surface area contributed by atoms with E-state index in [1.165, 1.54) is 0 Å². The molecule has 2 aromatic rings. The van der Waals surface area contributed by atoms with Gasteiger partial charge in [-0.25, -0.2) is 4.98 Å². The molecule has 0 aromatic carbocycles. The number of aromatic nitrogens is 3. The molecule has 0 saturated heterocycles. The van der Waals surface area contributed by atoms with E-state index in [9.17, 15) is 0 Å². The molecular formula is C14H21BrN4S. The number of fused-ring (bicyclic) bond motifs is 1. The summed E-state index contributed by atoms with van der Waals surface area (Å²) in [6.07, 6.45) is 1.81. The molecule has 0 aliphatic rings. The average Bonchev–Trinajstić information content (AvgIpc) is 2.64. The van der Waals surface area contributed by atoms with Gasteiger partial charge in [0.15, 0.2) is 10.4 Å². The van der Waals surface area contributed by atoms with Gasteiger partial charge in [-0.2, -0.15) is 0 Å². The molecule has 0 spiro atoms. The van der Waals surface area contributed by atoms with Gasteiger partial charge in [0, 0.05) is 35.8 Å². The first kappa shape index (κ1) is 15.7. The average molecular weight is 357 g/mol. The van der Waals surface area contributed by atoms with E-state index >= 15 is 0 Å². The third-order valence-corrected chi connectivity index (χ3v) is 4.24. The summed E-state index contributed by atoms with van der Waals surface area (Å²) >= 11 is 8.85. The Labute approximate surface area is 133 Å². The first-order chi connectivity index (χ1) is 9.40. The van der Waals surface area contributed by atoms with Crippen LogP contribution < -0.4 is 0 Å². The molecule has 1 N–H and O–H groups in total. The van der Waals surface area contributed by atoms with E-state index < -0.39 is 0 Å². The Morgan fingerprint density at radius 3 is 2.60 bits per heavy atom. The minimum Gasteiger partial charge on any atom is -0.329 e. The van der Waals surface area contributed by atoms with Crippen molar-refractivity contribution in [3.63, 3.8) is 0 Å². The fourth-order valence-corrected chi connectivity index (χ4v) is 3.17. The highest BCUT2D eigenvalue weighted by Gasteiger charge is 2.14. The fraction of sp³-hybridized carbons (Fsp3) is 0.571. The lowest BCUT2D eigenvalue weighted by molar-refractivity contribution is 0.168. The van der Waals surface area contributed by atoms with Gasteiger partial charge < -0.3 is 9.55 Å². The van der Waals surface area contributed by atoms with Crippen LogP contribution >= 0.6 is 28.1 Å². The second-order valence-electron chi connectivity index (χ2n) is 5.53. The normalized spacial score (nSPS) is 12.2. The van der Waals surface area contributed by atoms with Crippen LogP contribution in [0.3, 0.4) is 0 Å².